The van der Waals surface area contributed by atoms with Gasteiger partial charge in [0.2, 0.25) is 5.91 Å². The number of piperidine rings is 1. The Kier molecular flexibility index (Phi) is 3.33. The lowest BCUT2D eigenvalue weighted by molar-refractivity contribution is 0.1000. The number of hydrogen-bond donors (Lipinski definition) is 1. The highest BCUT2D eigenvalue weighted by atomic mass is 16.1. The summed E-state index contributed by atoms with van der Waals surface area (Å²) in [6, 6.07) is 7.67. The second-order valence-electron chi connectivity index (χ2n) is 6.73. The quantitative estimate of drug-likeness (QED) is 0.886. The number of rotatable bonds is 2. The van der Waals surface area contributed by atoms with Gasteiger partial charge in [-0.1, -0.05) is 6.07 Å². The third-order valence-electron chi connectivity index (χ3n) is 4.18. The summed E-state index contributed by atoms with van der Waals surface area (Å²) in [5.41, 5.74) is 7.25. The number of amides is 1. The van der Waals surface area contributed by atoms with Crippen molar-refractivity contribution in [2.75, 3.05) is 4.90 Å². The molecule has 3 nitrogen and oxygen atoms in total. The van der Waals surface area contributed by atoms with E-state index in [0.717, 1.165) is 18.5 Å². The zero-order valence-corrected chi connectivity index (χ0v) is 12.4. The average molecular weight is 260 g/mol. The van der Waals surface area contributed by atoms with Crippen molar-refractivity contribution >= 4 is 11.6 Å². The van der Waals surface area contributed by atoms with Crippen molar-refractivity contribution in [2.24, 2.45) is 5.73 Å². The molecule has 1 amide bonds. The zero-order chi connectivity index (χ0) is 14.3. The minimum atomic E-state index is -0.366. The van der Waals surface area contributed by atoms with E-state index in [2.05, 4.69) is 38.7 Å². The summed E-state index contributed by atoms with van der Waals surface area (Å²) in [5.74, 6) is -0.366. The molecule has 1 heterocycles. The van der Waals surface area contributed by atoms with Gasteiger partial charge in [-0.2, -0.15) is 0 Å². The normalized spacial score (nSPS) is 21.2. The Bertz CT molecular complexity index is 475. The van der Waals surface area contributed by atoms with E-state index >= 15 is 0 Å². The minimum absolute atomic E-state index is 0.0953. The molecule has 0 aliphatic carbocycles. The summed E-state index contributed by atoms with van der Waals surface area (Å²) in [7, 11) is 0. The van der Waals surface area contributed by atoms with Crippen molar-refractivity contribution in [3.63, 3.8) is 0 Å². The Morgan fingerprint density at radius 1 is 1.16 bits per heavy atom. The molecule has 0 unspecified atom stereocenters. The Hall–Kier alpha value is -1.51. The molecule has 3 heteroatoms. The number of carbonyl (C=O) groups excluding carboxylic acids is 1. The number of anilines is 1. The number of carbonyl (C=O) groups is 1. The lowest BCUT2D eigenvalue weighted by Crippen LogP contribution is -2.59. The Labute approximate surface area is 115 Å². The zero-order valence-electron chi connectivity index (χ0n) is 12.4. The first-order valence-electron chi connectivity index (χ1n) is 6.94. The minimum Gasteiger partial charge on any atom is -0.366 e. The van der Waals surface area contributed by atoms with Gasteiger partial charge in [0.15, 0.2) is 0 Å². The molecule has 104 valence electrons. The SMILES string of the molecule is CC1(C)CCCC(C)(C)N1c1cccc(C(N)=O)c1. The molecule has 2 rings (SSSR count). The molecule has 2 N–H and O–H groups in total. The number of benzene rings is 1. The largest absolute Gasteiger partial charge is 0.366 e. The molecule has 19 heavy (non-hydrogen) atoms. The van der Waals surface area contributed by atoms with Crippen molar-refractivity contribution in [1.29, 1.82) is 0 Å². The van der Waals surface area contributed by atoms with Crippen LogP contribution in [0.15, 0.2) is 24.3 Å². The van der Waals surface area contributed by atoms with Crippen LogP contribution in [-0.2, 0) is 0 Å². The Morgan fingerprint density at radius 2 is 1.74 bits per heavy atom. The third-order valence-corrected chi connectivity index (χ3v) is 4.18. The molecule has 1 saturated heterocycles. The fourth-order valence-corrected chi connectivity index (χ4v) is 3.49. The monoisotopic (exact) mass is 260 g/mol. The first-order valence-corrected chi connectivity index (χ1v) is 6.94. The van der Waals surface area contributed by atoms with Crippen molar-refractivity contribution in [2.45, 2.75) is 58.0 Å². The van der Waals surface area contributed by atoms with Gasteiger partial charge in [-0.3, -0.25) is 4.79 Å². The van der Waals surface area contributed by atoms with E-state index in [0.29, 0.717) is 5.56 Å². The predicted octanol–water partition coefficient (Wildman–Crippen LogP) is 3.33. The van der Waals surface area contributed by atoms with E-state index in [1.807, 2.05) is 12.1 Å². The highest BCUT2D eigenvalue weighted by Gasteiger charge is 2.41. The lowest BCUT2D eigenvalue weighted by Gasteiger charge is -2.54. The fourth-order valence-electron chi connectivity index (χ4n) is 3.49. The van der Waals surface area contributed by atoms with Crippen LogP contribution in [0.3, 0.4) is 0 Å². The molecule has 0 atom stereocenters. The Morgan fingerprint density at radius 3 is 2.26 bits per heavy atom. The molecule has 0 aromatic heterocycles. The van der Waals surface area contributed by atoms with Crippen molar-refractivity contribution in [3.8, 4) is 0 Å². The van der Waals surface area contributed by atoms with Gasteiger partial charge in [0.1, 0.15) is 0 Å². The van der Waals surface area contributed by atoms with Crippen LogP contribution in [0.5, 0.6) is 0 Å². The lowest BCUT2D eigenvalue weighted by atomic mass is 9.79. The van der Waals surface area contributed by atoms with E-state index in [1.165, 1.54) is 6.42 Å². The summed E-state index contributed by atoms with van der Waals surface area (Å²) >= 11 is 0. The first kappa shape index (κ1) is 13.9. The number of nitrogens with zero attached hydrogens (tertiary/aromatic N) is 1. The van der Waals surface area contributed by atoms with Crippen LogP contribution in [-0.4, -0.2) is 17.0 Å². The van der Waals surface area contributed by atoms with E-state index in [1.54, 1.807) is 6.07 Å². The van der Waals surface area contributed by atoms with Crippen LogP contribution in [0.1, 0.15) is 57.3 Å². The number of hydrogen-bond acceptors (Lipinski definition) is 2. The fraction of sp³-hybridized carbons (Fsp3) is 0.562. The van der Waals surface area contributed by atoms with E-state index < -0.39 is 0 Å². The molecule has 1 aliphatic rings. The van der Waals surface area contributed by atoms with Gasteiger partial charge >= 0.3 is 0 Å². The number of primary amides is 1. The summed E-state index contributed by atoms with van der Waals surface area (Å²) < 4.78 is 0. The summed E-state index contributed by atoms with van der Waals surface area (Å²) in [5, 5.41) is 0. The average Bonchev–Trinajstić information content (AvgIpc) is 2.26. The molecule has 0 spiro atoms. The molecule has 0 bridgehead atoms. The highest BCUT2D eigenvalue weighted by Crippen LogP contribution is 2.41. The maximum atomic E-state index is 11.4. The third kappa shape index (κ3) is 2.60. The van der Waals surface area contributed by atoms with Gasteiger partial charge in [-0.15, -0.1) is 0 Å². The molecule has 0 saturated carbocycles. The van der Waals surface area contributed by atoms with Gasteiger partial charge in [-0.25, -0.2) is 0 Å². The topological polar surface area (TPSA) is 46.3 Å². The maximum absolute atomic E-state index is 11.4. The van der Waals surface area contributed by atoms with Crippen LogP contribution >= 0.6 is 0 Å². The van der Waals surface area contributed by atoms with E-state index in [-0.39, 0.29) is 17.0 Å². The second kappa shape index (κ2) is 4.55. The molecular weight excluding hydrogens is 236 g/mol. The van der Waals surface area contributed by atoms with E-state index in [4.69, 9.17) is 5.73 Å². The molecule has 0 radical (unpaired) electrons. The summed E-state index contributed by atoms with van der Waals surface area (Å²) in [6.45, 7) is 9.07. The predicted molar refractivity (Wildman–Crippen MR) is 79.4 cm³/mol. The van der Waals surface area contributed by atoms with Gasteiger partial charge in [0.05, 0.1) is 0 Å². The highest BCUT2D eigenvalue weighted by molar-refractivity contribution is 5.93. The van der Waals surface area contributed by atoms with Gasteiger partial charge in [0, 0.05) is 22.3 Å². The molecule has 1 aromatic carbocycles. The van der Waals surface area contributed by atoms with E-state index in [9.17, 15) is 4.79 Å². The summed E-state index contributed by atoms with van der Waals surface area (Å²) in [6.07, 6.45) is 3.57. The molecule has 1 fully saturated rings. The van der Waals surface area contributed by atoms with Crippen LogP contribution in [0, 0.1) is 0 Å². The van der Waals surface area contributed by atoms with Crippen molar-refractivity contribution in [1.82, 2.24) is 0 Å². The second-order valence-corrected chi connectivity index (χ2v) is 6.73. The molecule has 1 aliphatic heterocycles. The van der Waals surface area contributed by atoms with Crippen molar-refractivity contribution in [3.05, 3.63) is 29.8 Å². The standard InChI is InChI=1S/C16H24N2O/c1-15(2)9-6-10-16(3,4)18(15)13-8-5-7-12(11-13)14(17)19/h5,7-8,11H,6,9-10H2,1-4H3,(H2,17,19). The van der Waals surface area contributed by atoms with Crippen LogP contribution in [0.4, 0.5) is 5.69 Å². The number of nitrogens with two attached hydrogens (primary N) is 1. The van der Waals surface area contributed by atoms with Gasteiger partial charge < -0.3 is 10.6 Å². The van der Waals surface area contributed by atoms with Crippen LogP contribution in [0.2, 0.25) is 0 Å². The van der Waals surface area contributed by atoms with Crippen LogP contribution < -0.4 is 10.6 Å². The Balaban J connectivity index is 2.47. The van der Waals surface area contributed by atoms with Gasteiger partial charge in [-0.05, 0) is 65.2 Å². The summed E-state index contributed by atoms with van der Waals surface area (Å²) in [4.78, 5) is 13.8. The van der Waals surface area contributed by atoms with Crippen LogP contribution in [0.25, 0.3) is 0 Å². The molecular formula is C16H24N2O. The van der Waals surface area contributed by atoms with Crippen molar-refractivity contribution < 1.29 is 4.79 Å². The molecule has 1 aromatic rings. The smallest absolute Gasteiger partial charge is 0.248 e. The van der Waals surface area contributed by atoms with Gasteiger partial charge in [0.25, 0.3) is 0 Å². The first-order chi connectivity index (χ1) is 8.74. The maximum Gasteiger partial charge on any atom is 0.248 e.